The molecular formula is C19H13ClN4O5S. The first-order valence-electron chi connectivity index (χ1n) is 8.35. The third-order valence-electron chi connectivity index (χ3n) is 3.75. The molecule has 0 saturated carbocycles. The number of thiocarbonyl (C=S) groups is 1. The van der Waals surface area contributed by atoms with Crippen molar-refractivity contribution >= 4 is 51.7 Å². The van der Waals surface area contributed by atoms with Crippen LogP contribution in [-0.2, 0) is 0 Å². The number of rotatable bonds is 6. The topological polar surface area (TPSA) is 120 Å². The Bertz CT molecular complexity index is 1110. The molecule has 0 unspecified atom stereocenters. The van der Waals surface area contributed by atoms with E-state index in [-0.39, 0.29) is 22.2 Å². The lowest BCUT2D eigenvalue weighted by atomic mass is 10.2. The van der Waals surface area contributed by atoms with Gasteiger partial charge in [0.15, 0.2) is 5.11 Å². The van der Waals surface area contributed by atoms with Crippen molar-refractivity contribution < 1.29 is 14.6 Å². The number of nitro benzene ring substituents is 2. The molecule has 11 heteroatoms. The van der Waals surface area contributed by atoms with Crippen LogP contribution in [0.15, 0.2) is 66.7 Å². The van der Waals surface area contributed by atoms with Crippen molar-refractivity contribution in [3.8, 4) is 11.5 Å². The molecule has 3 aromatic carbocycles. The van der Waals surface area contributed by atoms with Gasteiger partial charge in [0.25, 0.3) is 11.4 Å². The predicted octanol–water partition coefficient (Wildman–Crippen LogP) is 5.76. The molecule has 0 spiro atoms. The second-order valence-electron chi connectivity index (χ2n) is 5.91. The maximum atomic E-state index is 11.3. The lowest BCUT2D eigenvalue weighted by Crippen LogP contribution is -2.19. The average molecular weight is 445 g/mol. The highest BCUT2D eigenvalue weighted by Gasteiger charge is 2.13. The van der Waals surface area contributed by atoms with Crippen molar-refractivity contribution in [2.75, 3.05) is 10.6 Å². The Hall–Kier alpha value is -3.76. The Morgan fingerprint density at radius 2 is 1.40 bits per heavy atom. The molecule has 0 amide bonds. The molecule has 0 heterocycles. The van der Waals surface area contributed by atoms with E-state index >= 15 is 0 Å². The van der Waals surface area contributed by atoms with Crippen LogP contribution >= 0.6 is 23.8 Å². The maximum absolute atomic E-state index is 11.3. The Labute approximate surface area is 180 Å². The van der Waals surface area contributed by atoms with Gasteiger partial charge in [-0.25, -0.2) is 0 Å². The number of hydrogen-bond donors (Lipinski definition) is 2. The maximum Gasteiger partial charge on any atom is 0.275 e. The van der Waals surface area contributed by atoms with Gasteiger partial charge in [-0.2, -0.15) is 0 Å². The van der Waals surface area contributed by atoms with Crippen LogP contribution in [0, 0.1) is 20.2 Å². The predicted molar refractivity (Wildman–Crippen MR) is 118 cm³/mol. The fourth-order valence-corrected chi connectivity index (χ4v) is 2.78. The van der Waals surface area contributed by atoms with E-state index in [4.69, 9.17) is 28.6 Å². The number of nitrogens with one attached hydrogen (secondary N) is 2. The summed E-state index contributed by atoms with van der Waals surface area (Å²) in [5, 5.41) is 28.3. The number of non-ortho nitro benzene ring substituents is 2. The van der Waals surface area contributed by atoms with Gasteiger partial charge in [0.05, 0.1) is 21.6 Å². The molecule has 152 valence electrons. The van der Waals surface area contributed by atoms with Gasteiger partial charge in [-0.1, -0.05) is 11.6 Å². The number of ether oxygens (including phenoxy) is 1. The normalized spacial score (nSPS) is 10.2. The molecule has 0 aliphatic rings. The highest BCUT2D eigenvalue weighted by Crippen LogP contribution is 2.30. The molecule has 0 aliphatic heterocycles. The van der Waals surface area contributed by atoms with E-state index in [1.807, 2.05) is 0 Å². The second kappa shape index (κ2) is 9.16. The Balaban J connectivity index is 1.75. The first kappa shape index (κ1) is 21.0. The summed E-state index contributed by atoms with van der Waals surface area (Å²) in [4.78, 5) is 20.9. The molecule has 0 atom stereocenters. The fraction of sp³-hybridized carbons (Fsp3) is 0. The number of nitro groups is 2. The van der Waals surface area contributed by atoms with E-state index < -0.39 is 9.85 Å². The number of anilines is 2. The van der Waals surface area contributed by atoms with Gasteiger partial charge < -0.3 is 15.4 Å². The molecule has 0 fully saturated rings. The zero-order valence-corrected chi connectivity index (χ0v) is 16.6. The summed E-state index contributed by atoms with van der Waals surface area (Å²) in [7, 11) is 0. The molecule has 0 saturated heterocycles. The molecule has 0 aromatic heterocycles. The third kappa shape index (κ3) is 5.63. The molecule has 2 N–H and O–H groups in total. The van der Waals surface area contributed by atoms with E-state index in [0.717, 1.165) is 0 Å². The smallest absolute Gasteiger partial charge is 0.275 e. The van der Waals surface area contributed by atoms with E-state index in [1.165, 1.54) is 36.4 Å². The van der Waals surface area contributed by atoms with Crippen LogP contribution in [0.5, 0.6) is 11.5 Å². The second-order valence-corrected chi connectivity index (χ2v) is 6.76. The molecular weight excluding hydrogens is 432 g/mol. The summed E-state index contributed by atoms with van der Waals surface area (Å²) >= 11 is 11.1. The van der Waals surface area contributed by atoms with Gasteiger partial charge in [-0.3, -0.25) is 20.2 Å². The number of halogens is 1. The van der Waals surface area contributed by atoms with Crippen molar-refractivity contribution in [2.24, 2.45) is 0 Å². The van der Waals surface area contributed by atoms with Crippen molar-refractivity contribution in [1.82, 2.24) is 0 Å². The van der Waals surface area contributed by atoms with E-state index in [0.29, 0.717) is 22.1 Å². The summed E-state index contributed by atoms with van der Waals surface area (Å²) in [6, 6.07) is 16.3. The number of hydrogen-bond acceptors (Lipinski definition) is 6. The number of nitrogens with zero attached hydrogens (tertiary/aromatic N) is 2. The van der Waals surface area contributed by atoms with Crippen molar-refractivity contribution in [1.29, 1.82) is 0 Å². The minimum absolute atomic E-state index is 0.0536. The lowest BCUT2D eigenvalue weighted by Gasteiger charge is -2.12. The Morgan fingerprint density at radius 3 is 2.00 bits per heavy atom. The van der Waals surface area contributed by atoms with Crippen LogP contribution in [0.3, 0.4) is 0 Å². The highest BCUT2D eigenvalue weighted by atomic mass is 35.5. The minimum atomic E-state index is -0.549. The first-order chi connectivity index (χ1) is 14.3. The van der Waals surface area contributed by atoms with Crippen LogP contribution in [0.25, 0.3) is 0 Å². The van der Waals surface area contributed by atoms with Crippen molar-refractivity contribution in [3.63, 3.8) is 0 Å². The van der Waals surface area contributed by atoms with Gasteiger partial charge in [0.2, 0.25) is 0 Å². The standard InChI is InChI=1S/C19H13ClN4O5S/c20-12-1-7-17(8-2-12)29-18-10-14(9-16(11-18)24(27)28)22-19(30)21-13-3-5-15(6-4-13)23(25)26/h1-11H,(H2,21,22,30). The molecule has 0 radical (unpaired) electrons. The summed E-state index contributed by atoms with van der Waals surface area (Å²) < 4.78 is 5.67. The molecule has 9 nitrogen and oxygen atoms in total. The van der Waals surface area contributed by atoms with Gasteiger partial charge in [0.1, 0.15) is 11.5 Å². The number of benzene rings is 3. The van der Waals surface area contributed by atoms with Crippen molar-refractivity contribution in [3.05, 3.63) is 92.0 Å². The summed E-state index contributed by atoms with van der Waals surface area (Å²) in [6.45, 7) is 0. The van der Waals surface area contributed by atoms with Crippen LogP contribution in [0.4, 0.5) is 22.7 Å². The van der Waals surface area contributed by atoms with Gasteiger partial charge >= 0.3 is 0 Å². The summed E-state index contributed by atoms with van der Waals surface area (Å²) in [5.41, 5.74) is 0.595. The monoisotopic (exact) mass is 444 g/mol. The van der Waals surface area contributed by atoms with Crippen LogP contribution in [0.1, 0.15) is 0 Å². The largest absolute Gasteiger partial charge is 0.457 e. The van der Waals surface area contributed by atoms with E-state index in [2.05, 4.69) is 10.6 Å². The van der Waals surface area contributed by atoms with Gasteiger partial charge in [-0.15, -0.1) is 0 Å². The van der Waals surface area contributed by atoms with Crippen LogP contribution in [0.2, 0.25) is 5.02 Å². The summed E-state index contributed by atoms with van der Waals surface area (Å²) in [6.07, 6.45) is 0. The Kier molecular flexibility index (Phi) is 6.40. The van der Waals surface area contributed by atoms with Gasteiger partial charge in [0, 0.05) is 35.0 Å². The Morgan fingerprint density at radius 1 is 0.800 bits per heavy atom. The zero-order valence-electron chi connectivity index (χ0n) is 15.1. The van der Waals surface area contributed by atoms with Crippen LogP contribution < -0.4 is 15.4 Å². The SMILES string of the molecule is O=[N+]([O-])c1ccc(NC(=S)Nc2cc(Oc3ccc(Cl)cc3)cc([N+](=O)[O-])c2)cc1. The molecule has 0 aliphatic carbocycles. The fourth-order valence-electron chi connectivity index (χ4n) is 2.42. The molecule has 3 aromatic rings. The first-order valence-corrected chi connectivity index (χ1v) is 9.14. The molecule has 0 bridgehead atoms. The van der Waals surface area contributed by atoms with E-state index in [1.54, 1.807) is 30.3 Å². The lowest BCUT2D eigenvalue weighted by molar-refractivity contribution is -0.385. The average Bonchev–Trinajstić information content (AvgIpc) is 2.70. The summed E-state index contributed by atoms with van der Waals surface area (Å²) in [5.74, 6) is 0.685. The quantitative estimate of drug-likeness (QED) is 0.280. The third-order valence-corrected chi connectivity index (χ3v) is 4.20. The highest BCUT2D eigenvalue weighted by molar-refractivity contribution is 7.80. The van der Waals surface area contributed by atoms with Gasteiger partial charge in [-0.05, 0) is 48.6 Å². The zero-order chi connectivity index (χ0) is 21.7. The van der Waals surface area contributed by atoms with Crippen molar-refractivity contribution in [2.45, 2.75) is 0 Å². The minimum Gasteiger partial charge on any atom is -0.457 e. The van der Waals surface area contributed by atoms with E-state index in [9.17, 15) is 20.2 Å². The molecule has 3 rings (SSSR count). The van der Waals surface area contributed by atoms with Crippen LogP contribution in [-0.4, -0.2) is 15.0 Å². The molecule has 30 heavy (non-hydrogen) atoms.